The highest BCUT2D eigenvalue weighted by Gasteiger charge is 2.14. The van der Waals surface area contributed by atoms with Crippen molar-refractivity contribution in [1.82, 2.24) is 9.36 Å². The summed E-state index contributed by atoms with van der Waals surface area (Å²) < 4.78 is 10.1. The standard InChI is InChI=1S/C12H21N3OS/c1-2-5-11-14-12(17-15-11)13-8-9-16-10-6-3-4-7-10/h10H,2-9H2,1H3,(H,13,14,15). The van der Waals surface area contributed by atoms with Crippen LogP contribution in [-0.4, -0.2) is 28.6 Å². The van der Waals surface area contributed by atoms with Crippen molar-refractivity contribution in [3.8, 4) is 0 Å². The van der Waals surface area contributed by atoms with E-state index in [-0.39, 0.29) is 0 Å². The molecule has 1 heterocycles. The van der Waals surface area contributed by atoms with Crippen molar-refractivity contribution in [3.63, 3.8) is 0 Å². The molecule has 4 nitrogen and oxygen atoms in total. The van der Waals surface area contributed by atoms with Gasteiger partial charge in [-0.3, -0.25) is 0 Å². The van der Waals surface area contributed by atoms with Gasteiger partial charge in [0.25, 0.3) is 0 Å². The van der Waals surface area contributed by atoms with Gasteiger partial charge in [0.2, 0.25) is 5.13 Å². The third-order valence-electron chi connectivity index (χ3n) is 2.98. The molecule has 17 heavy (non-hydrogen) atoms. The highest BCUT2D eigenvalue weighted by atomic mass is 32.1. The molecule has 0 saturated heterocycles. The van der Waals surface area contributed by atoms with Crippen LogP contribution in [0.2, 0.25) is 0 Å². The Labute approximate surface area is 107 Å². The Kier molecular flexibility index (Phi) is 5.19. The molecule has 1 aliphatic carbocycles. The molecule has 1 aromatic rings. The van der Waals surface area contributed by atoms with E-state index < -0.39 is 0 Å². The molecule has 5 heteroatoms. The first-order valence-electron chi connectivity index (χ1n) is 6.56. The lowest BCUT2D eigenvalue weighted by Gasteiger charge is -2.10. The van der Waals surface area contributed by atoms with Crippen LogP contribution in [0.15, 0.2) is 0 Å². The van der Waals surface area contributed by atoms with Crippen LogP contribution in [0.5, 0.6) is 0 Å². The Hall–Kier alpha value is -0.680. The average Bonchev–Trinajstić information content (AvgIpc) is 2.96. The topological polar surface area (TPSA) is 47.0 Å². The third-order valence-corrected chi connectivity index (χ3v) is 3.69. The van der Waals surface area contributed by atoms with Crippen LogP contribution >= 0.6 is 11.5 Å². The monoisotopic (exact) mass is 255 g/mol. The second-order valence-electron chi connectivity index (χ2n) is 4.47. The van der Waals surface area contributed by atoms with Gasteiger partial charge in [0.1, 0.15) is 5.82 Å². The van der Waals surface area contributed by atoms with Crippen molar-refractivity contribution in [2.75, 3.05) is 18.5 Å². The zero-order valence-electron chi connectivity index (χ0n) is 10.4. The maximum atomic E-state index is 5.77. The van der Waals surface area contributed by atoms with E-state index in [1.54, 1.807) is 0 Å². The van der Waals surface area contributed by atoms with Crippen molar-refractivity contribution in [1.29, 1.82) is 0 Å². The van der Waals surface area contributed by atoms with E-state index in [4.69, 9.17) is 4.74 Å². The van der Waals surface area contributed by atoms with Gasteiger partial charge in [0.05, 0.1) is 12.7 Å². The maximum absolute atomic E-state index is 5.77. The fraction of sp³-hybridized carbons (Fsp3) is 0.833. The molecule has 2 rings (SSSR count). The highest BCUT2D eigenvalue weighted by Crippen LogP contribution is 2.20. The molecule has 1 saturated carbocycles. The van der Waals surface area contributed by atoms with E-state index in [2.05, 4.69) is 21.6 Å². The molecule has 0 aromatic carbocycles. The van der Waals surface area contributed by atoms with Gasteiger partial charge < -0.3 is 10.1 Å². The van der Waals surface area contributed by atoms with Gasteiger partial charge in [-0.2, -0.15) is 4.37 Å². The van der Waals surface area contributed by atoms with Crippen LogP contribution < -0.4 is 5.32 Å². The van der Waals surface area contributed by atoms with E-state index in [9.17, 15) is 0 Å². The second kappa shape index (κ2) is 6.91. The van der Waals surface area contributed by atoms with Crippen LogP contribution in [0.3, 0.4) is 0 Å². The quantitative estimate of drug-likeness (QED) is 0.761. The van der Waals surface area contributed by atoms with Gasteiger partial charge in [-0.25, -0.2) is 4.98 Å². The summed E-state index contributed by atoms with van der Waals surface area (Å²) in [6.07, 6.45) is 7.70. The molecule has 1 N–H and O–H groups in total. The number of anilines is 1. The smallest absolute Gasteiger partial charge is 0.202 e. The summed E-state index contributed by atoms with van der Waals surface area (Å²) in [4.78, 5) is 4.41. The summed E-state index contributed by atoms with van der Waals surface area (Å²) in [6, 6.07) is 0. The Morgan fingerprint density at radius 3 is 3.00 bits per heavy atom. The summed E-state index contributed by atoms with van der Waals surface area (Å²) in [7, 11) is 0. The van der Waals surface area contributed by atoms with Crippen LogP contribution in [0, 0.1) is 0 Å². The minimum atomic E-state index is 0.502. The number of rotatable bonds is 7. The Morgan fingerprint density at radius 1 is 1.41 bits per heavy atom. The van der Waals surface area contributed by atoms with Gasteiger partial charge in [0, 0.05) is 24.5 Å². The van der Waals surface area contributed by atoms with Gasteiger partial charge in [-0.1, -0.05) is 19.8 Å². The SMILES string of the molecule is CCCc1nsc(NCCOC2CCCC2)n1. The molecule has 0 atom stereocenters. The summed E-state index contributed by atoms with van der Waals surface area (Å²) in [6.45, 7) is 3.74. The molecule has 0 aliphatic heterocycles. The first kappa shape index (κ1) is 12.8. The molecular formula is C12H21N3OS. The van der Waals surface area contributed by atoms with Crippen molar-refractivity contribution < 1.29 is 4.74 Å². The minimum Gasteiger partial charge on any atom is -0.376 e. The van der Waals surface area contributed by atoms with E-state index in [0.29, 0.717) is 6.10 Å². The molecule has 1 aliphatic rings. The van der Waals surface area contributed by atoms with Gasteiger partial charge in [-0.05, 0) is 19.3 Å². The molecule has 0 bridgehead atoms. The van der Waals surface area contributed by atoms with Gasteiger partial charge in [-0.15, -0.1) is 0 Å². The van der Waals surface area contributed by atoms with Crippen LogP contribution in [-0.2, 0) is 11.2 Å². The second-order valence-corrected chi connectivity index (χ2v) is 5.22. The summed E-state index contributed by atoms with van der Waals surface area (Å²) in [5.74, 6) is 0.955. The number of nitrogens with one attached hydrogen (secondary N) is 1. The molecule has 1 fully saturated rings. The third kappa shape index (κ3) is 4.24. The molecule has 0 radical (unpaired) electrons. The first-order chi connectivity index (χ1) is 8.38. The van der Waals surface area contributed by atoms with Crippen LogP contribution in [0.1, 0.15) is 44.9 Å². The number of hydrogen-bond acceptors (Lipinski definition) is 5. The molecule has 1 aromatic heterocycles. The molecule has 0 unspecified atom stereocenters. The first-order valence-corrected chi connectivity index (χ1v) is 7.34. The maximum Gasteiger partial charge on any atom is 0.202 e. The number of aryl methyl sites for hydroxylation is 1. The van der Waals surface area contributed by atoms with Crippen LogP contribution in [0.25, 0.3) is 0 Å². The number of ether oxygens (including phenoxy) is 1. The summed E-state index contributed by atoms with van der Waals surface area (Å²) in [5.41, 5.74) is 0. The van der Waals surface area contributed by atoms with Crippen molar-refractivity contribution >= 4 is 16.7 Å². The Balaban J connectivity index is 1.60. The zero-order valence-corrected chi connectivity index (χ0v) is 11.3. The zero-order chi connectivity index (χ0) is 11.9. The fourth-order valence-electron chi connectivity index (χ4n) is 2.09. The predicted molar refractivity (Wildman–Crippen MR) is 70.6 cm³/mol. The number of nitrogens with zero attached hydrogens (tertiary/aromatic N) is 2. The highest BCUT2D eigenvalue weighted by molar-refractivity contribution is 7.09. The number of hydrogen-bond donors (Lipinski definition) is 1. The number of aromatic nitrogens is 2. The van der Waals surface area contributed by atoms with Crippen molar-refractivity contribution in [3.05, 3.63) is 5.82 Å². The lowest BCUT2D eigenvalue weighted by molar-refractivity contribution is 0.0659. The van der Waals surface area contributed by atoms with Crippen molar-refractivity contribution in [2.45, 2.75) is 51.6 Å². The molecule has 0 amide bonds. The van der Waals surface area contributed by atoms with Crippen LogP contribution in [0.4, 0.5) is 5.13 Å². The lowest BCUT2D eigenvalue weighted by Crippen LogP contribution is -2.15. The van der Waals surface area contributed by atoms with E-state index in [1.807, 2.05) is 0 Å². The molecular weight excluding hydrogens is 234 g/mol. The Bertz CT molecular complexity index is 323. The normalized spacial score (nSPS) is 16.5. The minimum absolute atomic E-state index is 0.502. The fourth-order valence-corrected chi connectivity index (χ4v) is 2.73. The van der Waals surface area contributed by atoms with E-state index in [1.165, 1.54) is 37.2 Å². The predicted octanol–water partition coefficient (Wildman–Crippen LogP) is 2.86. The van der Waals surface area contributed by atoms with Crippen molar-refractivity contribution in [2.24, 2.45) is 0 Å². The lowest BCUT2D eigenvalue weighted by atomic mass is 10.3. The largest absolute Gasteiger partial charge is 0.376 e. The van der Waals surface area contributed by atoms with Gasteiger partial charge in [0.15, 0.2) is 0 Å². The Morgan fingerprint density at radius 2 is 2.24 bits per heavy atom. The van der Waals surface area contributed by atoms with Gasteiger partial charge >= 0.3 is 0 Å². The van der Waals surface area contributed by atoms with E-state index >= 15 is 0 Å². The van der Waals surface area contributed by atoms with E-state index in [0.717, 1.165) is 36.9 Å². The average molecular weight is 255 g/mol. The summed E-state index contributed by atoms with van der Waals surface area (Å²) >= 11 is 1.44. The summed E-state index contributed by atoms with van der Waals surface area (Å²) in [5, 5.41) is 4.19. The molecule has 96 valence electrons. The molecule has 0 spiro atoms.